The average Bonchev–Trinajstić information content (AvgIpc) is 2.75. The molecule has 22 heavy (non-hydrogen) atoms. The highest BCUT2D eigenvalue weighted by atomic mass is 16.5. The Bertz CT molecular complexity index is 555. The van der Waals surface area contributed by atoms with Crippen LogP contribution < -0.4 is 0 Å². The summed E-state index contributed by atoms with van der Waals surface area (Å²) in [5.41, 5.74) is 1.09. The molecule has 0 unspecified atom stereocenters. The number of aryl methyl sites for hydroxylation is 1. The van der Waals surface area contributed by atoms with Gasteiger partial charge < -0.3 is 9.64 Å². The summed E-state index contributed by atoms with van der Waals surface area (Å²) >= 11 is 0. The summed E-state index contributed by atoms with van der Waals surface area (Å²) in [5.74, 6) is -0.865. The molecule has 0 aromatic heterocycles. The summed E-state index contributed by atoms with van der Waals surface area (Å²) in [6, 6.07) is 8.48. The van der Waals surface area contributed by atoms with E-state index >= 15 is 0 Å². The van der Waals surface area contributed by atoms with E-state index in [9.17, 15) is 14.4 Å². The zero-order valence-electron chi connectivity index (χ0n) is 13.0. The number of benzene rings is 1. The third-order valence-electron chi connectivity index (χ3n) is 3.94. The van der Waals surface area contributed by atoms with Crippen molar-refractivity contribution in [1.29, 1.82) is 0 Å². The smallest absolute Gasteiger partial charge is 0.328 e. The second-order valence-electron chi connectivity index (χ2n) is 5.41. The number of likely N-dealkylation sites (tertiary alicyclic amines) is 1. The first-order chi connectivity index (χ1) is 10.5. The Hall–Kier alpha value is -2.17. The van der Waals surface area contributed by atoms with Crippen LogP contribution in [0.1, 0.15) is 32.3 Å². The van der Waals surface area contributed by atoms with Gasteiger partial charge in [0, 0.05) is 0 Å². The molecule has 0 saturated carbocycles. The SMILES string of the molecule is CCOC(=O)[C@H](CCc1ccccc1)N1C(=O)CC(=O)[C@@H]1C. The molecule has 1 saturated heterocycles. The van der Waals surface area contributed by atoms with Crippen molar-refractivity contribution in [3.8, 4) is 0 Å². The van der Waals surface area contributed by atoms with E-state index in [1.54, 1.807) is 13.8 Å². The van der Waals surface area contributed by atoms with E-state index < -0.39 is 18.1 Å². The predicted molar refractivity (Wildman–Crippen MR) is 81.1 cm³/mol. The molecule has 118 valence electrons. The van der Waals surface area contributed by atoms with Crippen LogP contribution >= 0.6 is 0 Å². The Morgan fingerprint density at radius 2 is 2.00 bits per heavy atom. The van der Waals surface area contributed by atoms with E-state index in [2.05, 4.69) is 0 Å². The first kappa shape index (κ1) is 16.2. The third kappa shape index (κ3) is 3.53. The van der Waals surface area contributed by atoms with Gasteiger partial charge in [0.05, 0.1) is 19.1 Å². The van der Waals surface area contributed by atoms with E-state index in [4.69, 9.17) is 4.74 Å². The molecule has 2 rings (SSSR count). The minimum atomic E-state index is -0.700. The van der Waals surface area contributed by atoms with Gasteiger partial charge in [0.25, 0.3) is 0 Å². The summed E-state index contributed by atoms with van der Waals surface area (Å²) in [6.45, 7) is 3.65. The number of carbonyl (C=O) groups excluding carboxylic acids is 3. The van der Waals surface area contributed by atoms with Gasteiger partial charge in [-0.15, -0.1) is 0 Å². The minimum Gasteiger partial charge on any atom is -0.464 e. The van der Waals surface area contributed by atoms with Crippen molar-refractivity contribution in [2.75, 3.05) is 6.61 Å². The maximum absolute atomic E-state index is 12.2. The Labute approximate surface area is 130 Å². The quantitative estimate of drug-likeness (QED) is 0.593. The van der Waals surface area contributed by atoms with Crippen LogP contribution in [0.25, 0.3) is 0 Å². The number of amides is 1. The molecule has 1 aliphatic heterocycles. The molecular weight excluding hydrogens is 282 g/mol. The van der Waals surface area contributed by atoms with Crippen LogP contribution in [-0.2, 0) is 25.5 Å². The predicted octanol–water partition coefficient (Wildman–Crippen LogP) is 1.74. The normalized spacial score (nSPS) is 19.4. The van der Waals surface area contributed by atoms with Gasteiger partial charge in [-0.3, -0.25) is 9.59 Å². The molecular formula is C17H21NO4. The van der Waals surface area contributed by atoms with Crippen molar-refractivity contribution in [3.05, 3.63) is 35.9 Å². The molecule has 0 aliphatic carbocycles. The Morgan fingerprint density at radius 1 is 1.32 bits per heavy atom. The van der Waals surface area contributed by atoms with Crippen LogP contribution in [0.15, 0.2) is 30.3 Å². The van der Waals surface area contributed by atoms with E-state index in [0.29, 0.717) is 12.8 Å². The monoisotopic (exact) mass is 303 g/mol. The lowest BCUT2D eigenvalue weighted by Gasteiger charge is -2.29. The lowest BCUT2D eigenvalue weighted by Crippen LogP contribution is -2.47. The van der Waals surface area contributed by atoms with Crippen LogP contribution in [0.3, 0.4) is 0 Å². The Kier molecular flexibility index (Phi) is 5.31. The number of ether oxygens (including phenoxy) is 1. The van der Waals surface area contributed by atoms with Gasteiger partial charge in [0.1, 0.15) is 6.04 Å². The van der Waals surface area contributed by atoms with Crippen molar-refractivity contribution < 1.29 is 19.1 Å². The topological polar surface area (TPSA) is 63.7 Å². The number of hydrogen-bond acceptors (Lipinski definition) is 4. The minimum absolute atomic E-state index is 0.123. The van der Waals surface area contributed by atoms with Crippen molar-refractivity contribution in [3.63, 3.8) is 0 Å². The molecule has 1 fully saturated rings. The van der Waals surface area contributed by atoms with Gasteiger partial charge in [-0.1, -0.05) is 30.3 Å². The lowest BCUT2D eigenvalue weighted by molar-refractivity contribution is -0.154. The summed E-state index contributed by atoms with van der Waals surface area (Å²) < 4.78 is 5.09. The summed E-state index contributed by atoms with van der Waals surface area (Å²) in [6.07, 6.45) is 0.976. The largest absolute Gasteiger partial charge is 0.464 e. The second-order valence-corrected chi connectivity index (χ2v) is 5.41. The molecule has 2 atom stereocenters. The molecule has 0 radical (unpaired) electrons. The first-order valence-electron chi connectivity index (χ1n) is 7.59. The molecule has 1 amide bonds. The van der Waals surface area contributed by atoms with Crippen LogP contribution in [-0.4, -0.2) is 41.3 Å². The zero-order valence-corrected chi connectivity index (χ0v) is 13.0. The van der Waals surface area contributed by atoms with Gasteiger partial charge in [-0.25, -0.2) is 4.79 Å². The highest BCUT2D eigenvalue weighted by Gasteiger charge is 2.42. The standard InChI is InChI=1S/C17H21NO4/c1-3-22-17(21)14(10-9-13-7-5-4-6-8-13)18-12(2)15(19)11-16(18)20/h4-8,12,14H,3,9-11H2,1-2H3/t12-,14-/m0/s1. The third-order valence-corrected chi connectivity index (χ3v) is 3.94. The number of Topliss-reactive ketones (excluding diaryl/α,β-unsaturated/α-hetero) is 1. The van der Waals surface area contributed by atoms with Gasteiger partial charge in [-0.2, -0.15) is 0 Å². The molecule has 1 heterocycles. The van der Waals surface area contributed by atoms with Crippen LogP contribution in [0.4, 0.5) is 0 Å². The number of esters is 1. The number of rotatable bonds is 6. The van der Waals surface area contributed by atoms with Gasteiger partial charge in [-0.05, 0) is 32.3 Å². The summed E-state index contributed by atoms with van der Waals surface area (Å²) in [7, 11) is 0. The molecule has 1 aromatic carbocycles. The van der Waals surface area contributed by atoms with Crippen LogP contribution in [0.2, 0.25) is 0 Å². The molecule has 0 bridgehead atoms. The van der Waals surface area contributed by atoms with Crippen LogP contribution in [0.5, 0.6) is 0 Å². The summed E-state index contributed by atoms with van der Waals surface area (Å²) in [5, 5.41) is 0. The van der Waals surface area contributed by atoms with Crippen molar-refractivity contribution >= 4 is 17.7 Å². The van der Waals surface area contributed by atoms with Crippen molar-refractivity contribution in [2.45, 2.75) is 45.2 Å². The highest BCUT2D eigenvalue weighted by molar-refractivity contribution is 6.08. The van der Waals surface area contributed by atoms with E-state index in [-0.39, 0.29) is 24.7 Å². The molecule has 0 N–H and O–H groups in total. The Morgan fingerprint density at radius 3 is 2.55 bits per heavy atom. The Balaban J connectivity index is 2.14. The van der Waals surface area contributed by atoms with Gasteiger partial charge >= 0.3 is 5.97 Å². The van der Waals surface area contributed by atoms with Crippen LogP contribution in [0, 0.1) is 0 Å². The lowest BCUT2D eigenvalue weighted by atomic mass is 10.0. The number of hydrogen-bond donors (Lipinski definition) is 0. The van der Waals surface area contributed by atoms with E-state index in [0.717, 1.165) is 5.56 Å². The van der Waals surface area contributed by atoms with Crippen molar-refractivity contribution in [1.82, 2.24) is 4.90 Å². The number of carbonyl (C=O) groups is 3. The summed E-state index contributed by atoms with van der Waals surface area (Å²) in [4.78, 5) is 37.4. The number of ketones is 1. The maximum Gasteiger partial charge on any atom is 0.328 e. The van der Waals surface area contributed by atoms with Crippen molar-refractivity contribution in [2.24, 2.45) is 0 Å². The highest BCUT2D eigenvalue weighted by Crippen LogP contribution is 2.22. The molecule has 1 aliphatic rings. The fraction of sp³-hybridized carbons (Fsp3) is 0.471. The zero-order chi connectivity index (χ0) is 16.1. The average molecular weight is 303 g/mol. The maximum atomic E-state index is 12.2. The molecule has 5 heteroatoms. The van der Waals surface area contributed by atoms with Gasteiger partial charge in [0.2, 0.25) is 5.91 Å². The van der Waals surface area contributed by atoms with E-state index in [1.165, 1.54) is 4.90 Å². The number of nitrogens with zero attached hydrogens (tertiary/aromatic N) is 1. The van der Waals surface area contributed by atoms with E-state index in [1.807, 2.05) is 30.3 Å². The molecule has 0 spiro atoms. The first-order valence-corrected chi connectivity index (χ1v) is 7.59. The fourth-order valence-corrected chi connectivity index (χ4v) is 2.76. The van der Waals surface area contributed by atoms with Gasteiger partial charge in [0.15, 0.2) is 5.78 Å². The fourth-order valence-electron chi connectivity index (χ4n) is 2.76. The second kappa shape index (κ2) is 7.20. The molecule has 1 aromatic rings. The molecule has 5 nitrogen and oxygen atoms in total.